The van der Waals surface area contributed by atoms with Gasteiger partial charge in [-0.3, -0.25) is 14.6 Å². The van der Waals surface area contributed by atoms with E-state index in [1.165, 1.54) is 11.0 Å². The molecule has 0 radical (unpaired) electrons. The maximum Gasteiger partial charge on any atom is 0.410 e. The van der Waals surface area contributed by atoms with Crippen LogP contribution in [0.1, 0.15) is 24.8 Å². The van der Waals surface area contributed by atoms with E-state index in [9.17, 15) is 14.0 Å². The molecule has 0 aromatic heterocycles. The maximum atomic E-state index is 14.0. The Morgan fingerprint density at radius 3 is 2.78 bits per heavy atom. The molecule has 1 spiro atoms. The average Bonchev–Trinajstić information content (AvgIpc) is 3.24. The highest BCUT2D eigenvalue weighted by molar-refractivity contribution is 5.83. The van der Waals surface area contributed by atoms with Gasteiger partial charge in [0.05, 0.1) is 6.54 Å². The number of ether oxygens (including phenoxy) is 1. The molecule has 7 heteroatoms. The number of rotatable bonds is 4. The highest BCUT2D eigenvalue weighted by Crippen LogP contribution is 2.39. The maximum absolute atomic E-state index is 14.0. The van der Waals surface area contributed by atoms with E-state index in [-0.39, 0.29) is 23.7 Å². The van der Waals surface area contributed by atoms with E-state index in [1.807, 2.05) is 17.0 Å². The van der Waals surface area contributed by atoms with Crippen LogP contribution < -0.4 is 0 Å². The number of benzene rings is 1. The van der Waals surface area contributed by atoms with Gasteiger partial charge >= 0.3 is 6.09 Å². The number of halogens is 1. The largest absolute Gasteiger partial charge is 0.448 e. The number of amides is 2. The Morgan fingerprint density at radius 1 is 1.15 bits per heavy atom. The zero-order chi connectivity index (χ0) is 18.9. The van der Waals surface area contributed by atoms with E-state index >= 15 is 0 Å². The van der Waals surface area contributed by atoms with Crippen LogP contribution in [0.4, 0.5) is 9.18 Å². The van der Waals surface area contributed by atoms with Gasteiger partial charge in [0.2, 0.25) is 5.91 Å². The van der Waals surface area contributed by atoms with Crippen molar-refractivity contribution in [1.82, 2.24) is 14.7 Å². The number of hydrogen-bond donors (Lipinski definition) is 0. The molecule has 0 bridgehead atoms. The van der Waals surface area contributed by atoms with Crippen molar-refractivity contribution in [2.45, 2.75) is 25.8 Å². The molecule has 1 atom stereocenters. The van der Waals surface area contributed by atoms with Crippen molar-refractivity contribution in [2.75, 3.05) is 45.9 Å². The average molecular weight is 375 g/mol. The second kappa shape index (κ2) is 7.46. The Bertz CT molecular complexity index is 728. The van der Waals surface area contributed by atoms with Crippen molar-refractivity contribution in [2.24, 2.45) is 5.41 Å². The van der Waals surface area contributed by atoms with Crippen LogP contribution >= 0.6 is 0 Å². The van der Waals surface area contributed by atoms with Gasteiger partial charge in [-0.1, -0.05) is 18.2 Å². The van der Waals surface area contributed by atoms with E-state index in [4.69, 9.17) is 4.74 Å². The first-order valence-electron chi connectivity index (χ1n) is 9.70. The van der Waals surface area contributed by atoms with Gasteiger partial charge in [0.1, 0.15) is 19.0 Å². The first-order valence-corrected chi connectivity index (χ1v) is 9.70. The summed E-state index contributed by atoms with van der Waals surface area (Å²) in [6.07, 6.45) is 2.73. The van der Waals surface area contributed by atoms with Crippen molar-refractivity contribution in [3.63, 3.8) is 0 Å². The van der Waals surface area contributed by atoms with Gasteiger partial charge in [0.15, 0.2) is 0 Å². The SMILES string of the molecule is O=C(CN1CCOC1=O)N1CC[C@]2(CCCN(Cc3ccccc3F)C2)C1. The lowest BCUT2D eigenvalue weighted by molar-refractivity contribution is -0.131. The molecule has 3 saturated heterocycles. The molecule has 3 fully saturated rings. The van der Waals surface area contributed by atoms with Gasteiger partial charge < -0.3 is 9.64 Å². The lowest BCUT2D eigenvalue weighted by Crippen LogP contribution is -2.46. The van der Waals surface area contributed by atoms with Gasteiger partial charge in [-0.2, -0.15) is 0 Å². The number of carbonyl (C=O) groups excluding carboxylic acids is 2. The molecule has 3 aliphatic heterocycles. The lowest BCUT2D eigenvalue weighted by atomic mass is 9.79. The smallest absolute Gasteiger partial charge is 0.410 e. The lowest BCUT2D eigenvalue weighted by Gasteiger charge is -2.40. The molecule has 0 saturated carbocycles. The van der Waals surface area contributed by atoms with E-state index in [2.05, 4.69) is 4.90 Å². The monoisotopic (exact) mass is 375 g/mol. The molecule has 1 aromatic rings. The van der Waals surface area contributed by atoms with Crippen molar-refractivity contribution in [3.05, 3.63) is 35.6 Å². The Labute approximate surface area is 158 Å². The standard InChI is InChI=1S/C20H26FN3O3/c21-17-5-2-1-4-16(17)12-22-8-3-6-20(14-22)7-9-24(15-20)18(25)13-23-10-11-27-19(23)26/h1-2,4-5H,3,6-15H2/t20-/m0/s1. The molecule has 3 heterocycles. The number of cyclic esters (lactones) is 1. The molecule has 6 nitrogen and oxygen atoms in total. The van der Waals surface area contributed by atoms with E-state index in [0.29, 0.717) is 19.7 Å². The van der Waals surface area contributed by atoms with Crippen molar-refractivity contribution in [3.8, 4) is 0 Å². The predicted molar refractivity (Wildman–Crippen MR) is 97.5 cm³/mol. The van der Waals surface area contributed by atoms with Gasteiger partial charge in [-0.25, -0.2) is 9.18 Å². The summed E-state index contributed by atoms with van der Waals surface area (Å²) in [4.78, 5) is 29.8. The molecule has 2 amide bonds. The van der Waals surface area contributed by atoms with Crippen LogP contribution in [0.5, 0.6) is 0 Å². The van der Waals surface area contributed by atoms with Crippen molar-refractivity contribution >= 4 is 12.0 Å². The van der Waals surface area contributed by atoms with Crippen LogP contribution in [-0.2, 0) is 16.1 Å². The number of carbonyl (C=O) groups is 2. The molecule has 0 unspecified atom stereocenters. The number of piperidine rings is 1. The molecule has 0 N–H and O–H groups in total. The first-order chi connectivity index (χ1) is 13.0. The van der Waals surface area contributed by atoms with Gasteiger partial charge in [0, 0.05) is 37.2 Å². The molecule has 0 aliphatic carbocycles. The third kappa shape index (κ3) is 3.93. The Kier molecular flexibility index (Phi) is 5.04. The quantitative estimate of drug-likeness (QED) is 0.809. The summed E-state index contributed by atoms with van der Waals surface area (Å²) in [5.74, 6) is -0.158. The summed E-state index contributed by atoms with van der Waals surface area (Å²) in [6, 6.07) is 6.94. The van der Waals surface area contributed by atoms with E-state index in [1.54, 1.807) is 6.07 Å². The van der Waals surface area contributed by atoms with E-state index in [0.717, 1.165) is 51.0 Å². The third-order valence-corrected chi connectivity index (χ3v) is 6.05. The summed E-state index contributed by atoms with van der Waals surface area (Å²) >= 11 is 0. The van der Waals surface area contributed by atoms with Crippen LogP contribution in [0.15, 0.2) is 24.3 Å². The summed E-state index contributed by atoms with van der Waals surface area (Å²) in [6.45, 7) is 4.87. The van der Waals surface area contributed by atoms with Crippen LogP contribution in [0.3, 0.4) is 0 Å². The minimum atomic E-state index is -0.397. The van der Waals surface area contributed by atoms with Crippen LogP contribution in [-0.4, -0.2) is 72.6 Å². The zero-order valence-electron chi connectivity index (χ0n) is 15.5. The fraction of sp³-hybridized carbons (Fsp3) is 0.600. The molecular formula is C20H26FN3O3. The van der Waals surface area contributed by atoms with Crippen molar-refractivity contribution < 1.29 is 18.7 Å². The van der Waals surface area contributed by atoms with Gasteiger partial charge in [-0.05, 0) is 31.9 Å². The highest BCUT2D eigenvalue weighted by Gasteiger charge is 2.43. The minimum absolute atomic E-state index is 0.00282. The summed E-state index contributed by atoms with van der Waals surface area (Å²) in [5.41, 5.74) is 0.818. The normalized spacial score (nSPS) is 26.0. The van der Waals surface area contributed by atoms with Gasteiger partial charge in [-0.15, -0.1) is 0 Å². The highest BCUT2D eigenvalue weighted by atomic mass is 19.1. The molecule has 1 aromatic carbocycles. The van der Waals surface area contributed by atoms with Gasteiger partial charge in [0.25, 0.3) is 0 Å². The molecule has 4 rings (SSSR count). The predicted octanol–water partition coefficient (Wildman–Crippen LogP) is 2.09. The second-order valence-electron chi connectivity index (χ2n) is 8.01. The Hall–Kier alpha value is -2.15. The Morgan fingerprint density at radius 2 is 2.00 bits per heavy atom. The van der Waals surface area contributed by atoms with Crippen LogP contribution in [0.2, 0.25) is 0 Å². The van der Waals surface area contributed by atoms with Crippen LogP contribution in [0, 0.1) is 11.2 Å². The second-order valence-corrected chi connectivity index (χ2v) is 8.01. The summed E-state index contributed by atoms with van der Waals surface area (Å²) < 4.78 is 18.9. The Balaban J connectivity index is 1.35. The van der Waals surface area contributed by atoms with Crippen LogP contribution in [0.25, 0.3) is 0 Å². The zero-order valence-corrected chi connectivity index (χ0v) is 15.5. The molecular weight excluding hydrogens is 349 g/mol. The number of nitrogens with zero attached hydrogens (tertiary/aromatic N) is 3. The fourth-order valence-electron chi connectivity index (χ4n) is 4.63. The number of hydrogen-bond acceptors (Lipinski definition) is 4. The molecule has 27 heavy (non-hydrogen) atoms. The summed E-state index contributed by atoms with van der Waals surface area (Å²) in [5, 5.41) is 0. The van der Waals surface area contributed by atoms with E-state index < -0.39 is 6.09 Å². The molecule has 3 aliphatic rings. The fourth-order valence-corrected chi connectivity index (χ4v) is 4.63. The topological polar surface area (TPSA) is 53.1 Å². The minimum Gasteiger partial charge on any atom is -0.448 e. The van der Waals surface area contributed by atoms with Crippen molar-refractivity contribution in [1.29, 1.82) is 0 Å². The number of likely N-dealkylation sites (tertiary alicyclic amines) is 2. The first kappa shape index (κ1) is 18.2. The molecule has 146 valence electrons. The third-order valence-electron chi connectivity index (χ3n) is 6.05. The summed E-state index contributed by atoms with van der Waals surface area (Å²) in [7, 11) is 0.